The van der Waals surface area contributed by atoms with E-state index in [-0.39, 0.29) is 17.4 Å². The maximum Gasteiger partial charge on any atom is 0.280 e. The highest BCUT2D eigenvalue weighted by atomic mass is 16.1. The van der Waals surface area contributed by atoms with Crippen LogP contribution in [-0.2, 0) is 0 Å². The molecule has 0 saturated carbocycles. The number of nitrogens with zero attached hydrogens (tertiary/aromatic N) is 4. The monoisotopic (exact) mass is 221 g/mol. The van der Waals surface area contributed by atoms with Crippen molar-refractivity contribution in [3.05, 3.63) is 21.6 Å². The van der Waals surface area contributed by atoms with Crippen LogP contribution in [0.5, 0.6) is 0 Å². The van der Waals surface area contributed by atoms with E-state index in [4.69, 9.17) is 0 Å². The third kappa shape index (κ3) is 1.50. The molecule has 0 aliphatic carbocycles. The first-order valence-corrected chi connectivity index (χ1v) is 5.36. The van der Waals surface area contributed by atoms with E-state index in [1.54, 1.807) is 0 Å². The Morgan fingerprint density at radius 1 is 1.19 bits per heavy atom. The number of aromatic nitrogens is 5. The second kappa shape index (κ2) is 3.70. The van der Waals surface area contributed by atoms with Gasteiger partial charge in [-0.2, -0.15) is 0 Å². The molecule has 0 amide bonds. The van der Waals surface area contributed by atoms with Crippen molar-refractivity contribution in [2.24, 2.45) is 0 Å². The fourth-order valence-corrected chi connectivity index (χ4v) is 1.83. The second-order valence-electron chi connectivity index (χ2n) is 4.48. The zero-order valence-electron chi connectivity index (χ0n) is 9.85. The van der Waals surface area contributed by atoms with Gasteiger partial charge in [-0.15, -0.1) is 4.52 Å². The summed E-state index contributed by atoms with van der Waals surface area (Å²) < 4.78 is 1.21. The number of aromatic amines is 1. The van der Waals surface area contributed by atoms with E-state index in [1.165, 1.54) is 4.52 Å². The number of fused-ring (bicyclic) bond motifs is 1. The van der Waals surface area contributed by atoms with Crippen molar-refractivity contribution in [3.63, 3.8) is 0 Å². The fourth-order valence-electron chi connectivity index (χ4n) is 1.83. The van der Waals surface area contributed by atoms with Crippen LogP contribution in [0.1, 0.15) is 50.8 Å². The van der Waals surface area contributed by atoms with Gasteiger partial charge in [0.1, 0.15) is 0 Å². The van der Waals surface area contributed by atoms with E-state index in [0.29, 0.717) is 5.78 Å². The van der Waals surface area contributed by atoms with Crippen LogP contribution in [0.2, 0.25) is 0 Å². The summed E-state index contributed by atoms with van der Waals surface area (Å²) in [6.07, 6.45) is 0. The predicted molar refractivity (Wildman–Crippen MR) is 59.6 cm³/mol. The quantitative estimate of drug-likeness (QED) is 0.822. The molecule has 1 N–H and O–H groups in total. The molecule has 86 valence electrons. The van der Waals surface area contributed by atoms with Gasteiger partial charge in [-0.25, -0.2) is 0 Å². The lowest BCUT2D eigenvalue weighted by Crippen LogP contribution is -2.24. The summed E-state index contributed by atoms with van der Waals surface area (Å²) >= 11 is 0. The number of tetrazole rings is 1. The molecule has 6 nitrogen and oxygen atoms in total. The van der Waals surface area contributed by atoms with Crippen molar-refractivity contribution < 1.29 is 0 Å². The average molecular weight is 221 g/mol. The molecule has 0 unspecified atom stereocenters. The lowest BCUT2D eigenvalue weighted by Gasteiger charge is -2.14. The third-order valence-corrected chi connectivity index (χ3v) is 2.58. The highest BCUT2D eigenvalue weighted by molar-refractivity contribution is 5.33. The first kappa shape index (κ1) is 10.8. The Morgan fingerprint density at radius 3 is 2.44 bits per heavy atom. The smallest absolute Gasteiger partial charge is 0.280 e. The van der Waals surface area contributed by atoms with Gasteiger partial charge in [-0.1, -0.05) is 32.8 Å². The van der Waals surface area contributed by atoms with Crippen LogP contribution in [0.4, 0.5) is 0 Å². The molecule has 2 heterocycles. The number of nitrogens with one attached hydrogen (secondary N) is 1. The van der Waals surface area contributed by atoms with Crippen molar-refractivity contribution in [2.45, 2.75) is 39.5 Å². The van der Waals surface area contributed by atoms with Crippen molar-refractivity contribution in [2.75, 3.05) is 0 Å². The minimum absolute atomic E-state index is 0.127. The van der Waals surface area contributed by atoms with Gasteiger partial charge in [0.2, 0.25) is 0 Å². The SMILES string of the molecule is CC(C)c1[nH]c2nnnn2c(=O)c1C(C)C. The summed E-state index contributed by atoms with van der Waals surface area (Å²) in [5, 5.41) is 10.9. The van der Waals surface area contributed by atoms with Gasteiger partial charge in [-0.3, -0.25) is 4.79 Å². The van der Waals surface area contributed by atoms with E-state index < -0.39 is 0 Å². The molecule has 2 aromatic rings. The van der Waals surface area contributed by atoms with E-state index >= 15 is 0 Å². The predicted octanol–water partition coefficient (Wildman–Crippen LogP) is 1.06. The number of H-pyrrole nitrogens is 1. The summed E-state index contributed by atoms with van der Waals surface area (Å²) in [5.74, 6) is 0.791. The zero-order chi connectivity index (χ0) is 11.9. The fraction of sp³-hybridized carbons (Fsp3) is 0.600. The van der Waals surface area contributed by atoms with Crippen LogP contribution < -0.4 is 5.56 Å². The summed E-state index contributed by atoms with van der Waals surface area (Å²) in [5.41, 5.74) is 1.55. The first-order chi connectivity index (χ1) is 7.52. The van der Waals surface area contributed by atoms with Crippen LogP contribution in [0.25, 0.3) is 5.78 Å². The van der Waals surface area contributed by atoms with Gasteiger partial charge in [0, 0.05) is 11.3 Å². The van der Waals surface area contributed by atoms with Crippen molar-refractivity contribution >= 4 is 5.78 Å². The maximum atomic E-state index is 12.2. The van der Waals surface area contributed by atoms with E-state index in [1.807, 2.05) is 27.7 Å². The summed E-state index contributed by atoms with van der Waals surface area (Å²) in [6, 6.07) is 0. The van der Waals surface area contributed by atoms with E-state index in [0.717, 1.165) is 11.3 Å². The topological polar surface area (TPSA) is 75.9 Å². The molecule has 0 radical (unpaired) electrons. The summed E-state index contributed by atoms with van der Waals surface area (Å²) in [7, 11) is 0. The zero-order valence-corrected chi connectivity index (χ0v) is 9.85. The Kier molecular flexibility index (Phi) is 2.49. The Labute approximate surface area is 92.7 Å². The van der Waals surface area contributed by atoms with Crippen LogP contribution in [-0.4, -0.2) is 25.0 Å². The van der Waals surface area contributed by atoms with Crippen molar-refractivity contribution in [1.82, 2.24) is 25.0 Å². The van der Waals surface area contributed by atoms with Crippen LogP contribution in [0.15, 0.2) is 4.79 Å². The lowest BCUT2D eigenvalue weighted by molar-refractivity contribution is 0.712. The molecule has 0 bridgehead atoms. The minimum Gasteiger partial charge on any atom is -0.326 e. The molecule has 0 atom stereocenters. The van der Waals surface area contributed by atoms with Gasteiger partial charge in [0.25, 0.3) is 11.3 Å². The molecule has 0 aliphatic heterocycles. The molecule has 6 heteroatoms. The molecule has 0 spiro atoms. The van der Waals surface area contributed by atoms with Crippen molar-refractivity contribution in [1.29, 1.82) is 0 Å². The van der Waals surface area contributed by atoms with Gasteiger partial charge in [-0.05, 0) is 22.3 Å². The number of hydrogen-bond acceptors (Lipinski definition) is 4. The van der Waals surface area contributed by atoms with Crippen LogP contribution in [0, 0.1) is 0 Å². The minimum atomic E-state index is -0.127. The maximum absolute atomic E-state index is 12.2. The standard InChI is InChI=1S/C10H15N5O/c1-5(2)7-8(6(3)4)11-10-12-13-14-15(10)9(7)16/h5-6H,1-4H3,(H,11,12,14). The second-order valence-corrected chi connectivity index (χ2v) is 4.48. The van der Waals surface area contributed by atoms with Crippen molar-refractivity contribution in [3.8, 4) is 0 Å². The molecule has 2 rings (SSSR count). The highest BCUT2D eigenvalue weighted by Gasteiger charge is 2.18. The molecule has 2 aromatic heterocycles. The molecule has 16 heavy (non-hydrogen) atoms. The normalized spacial score (nSPS) is 11.9. The Hall–Kier alpha value is -1.72. The number of rotatable bonds is 2. The molecule has 0 saturated heterocycles. The van der Waals surface area contributed by atoms with Gasteiger partial charge in [0.05, 0.1) is 0 Å². The van der Waals surface area contributed by atoms with Gasteiger partial charge in [0.15, 0.2) is 0 Å². The molecular formula is C10H15N5O. The Morgan fingerprint density at radius 2 is 1.88 bits per heavy atom. The Bertz CT molecular complexity index is 566. The third-order valence-electron chi connectivity index (χ3n) is 2.58. The first-order valence-electron chi connectivity index (χ1n) is 5.36. The summed E-state index contributed by atoms with van der Waals surface area (Å²) in [6.45, 7) is 8.06. The average Bonchev–Trinajstić information content (AvgIpc) is 2.64. The van der Waals surface area contributed by atoms with E-state index in [2.05, 4.69) is 20.5 Å². The molecular weight excluding hydrogens is 206 g/mol. The van der Waals surface area contributed by atoms with Crippen LogP contribution >= 0.6 is 0 Å². The van der Waals surface area contributed by atoms with Crippen LogP contribution in [0.3, 0.4) is 0 Å². The number of hydrogen-bond donors (Lipinski definition) is 1. The molecule has 0 fully saturated rings. The van der Waals surface area contributed by atoms with Gasteiger partial charge < -0.3 is 4.98 Å². The summed E-state index contributed by atoms with van der Waals surface area (Å²) in [4.78, 5) is 15.3. The highest BCUT2D eigenvalue weighted by Crippen LogP contribution is 2.20. The lowest BCUT2D eigenvalue weighted by atomic mass is 9.97. The largest absolute Gasteiger partial charge is 0.326 e. The van der Waals surface area contributed by atoms with Gasteiger partial charge >= 0.3 is 0 Å². The molecule has 0 aliphatic rings. The molecule has 0 aromatic carbocycles. The Balaban J connectivity index is 2.86. The van der Waals surface area contributed by atoms with E-state index in [9.17, 15) is 4.79 Å².